The van der Waals surface area contributed by atoms with Gasteiger partial charge in [0.05, 0.1) is 17.7 Å². The molecule has 4 heteroatoms. The molecule has 0 aromatic heterocycles. The second-order valence-electron chi connectivity index (χ2n) is 4.94. The molecule has 0 saturated carbocycles. The molecule has 1 aromatic rings. The smallest absolute Gasteiger partial charge is 0.0992 e. The third kappa shape index (κ3) is 3.11. The molecule has 1 aromatic carbocycles. The molecular weight excluding hydrogens is 292 g/mol. The average Bonchev–Trinajstić information content (AvgIpc) is 2.80. The molecule has 1 aliphatic rings. The number of rotatable bonds is 3. The fourth-order valence-electron chi connectivity index (χ4n) is 2.39. The van der Waals surface area contributed by atoms with Crippen LogP contribution in [-0.2, 0) is 6.54 Å². The molecule has 2 atom stereocenters. The van der Waals surface area contributed by atoms with Gasteiger partial charge in [0.15, 0.2) is 0 Å². The van der Waals surface area contributed by atoms with E-state index in [9.17, 15) is 5.11 Å². The molecule has 1 N–H and O–H groups in total. The van der Waals surface area contributed by atoms with E-state index in [1.165, 1.54) is 5.56 Å². The largest absolute Gasteiger partial charge is 0.393 e. The molecule has 0 spiro atoms. The van der Waals surface area contributed by atoms with E-state index in [0.29, 0.717) is 11.5 Å². The first-order valence-electron chi connectivity index (χ1n) is 6.19. The van der Waals surface area contributed by atoms with Gasteiger partial charge >= 0.3 is 0 Å². The van der Waals surface area contributed by atoms with E-state index in [4.69, 9.17) is 5.26 Å². The van der Waals surface area contributed by atoms with Crippen LogP contribution in [0.2, 0.25) is 0 Å². The molecule has 0 bridgehead atoms. The lowest BCUT2D eigenvalue weighted by Crippen LogP contribution is -2.24. The topological polar surface area (TPSA) is 47.3 Å². The molecule has 1 aliphatic heterocycles. The molecule has 0 amide bonds. The van der Waals surface area contributed by atoms with Gasteiger partial charge in [-0.2, -0.15) is 5.26 Å². The third-order valence-corrected chi connectivity index (χ3v) is 4.31. The Kier molecular flexibility index (Phi) is 4.39. The number of aliphatic hydroxyl groups excluding tert-OH is 1. The Hall–Kier alpha value is -0.890. The van der Waals surface area contributed by atoms with Crippen molar-refractivity contribution in [3.8, 4) is 6.07 Å². The molecule has 1 saturated heterocycles. The monoisotopic (exact) mass is 308 g/mol. The number of hydrogen-bond donors (Lipinski definition) is 1. The second kappa shape index (κ2) is 5.83. The first-order chi connectivity index (χ1) is 8.60. The summed E-state index contributed by atoms with van der Waals surface area (Å²) in [6, 6.07) is 7.84. The van der Waals surface area contributed by atoms with E-state index in [0.717, 1.165) is 30.5 Å². The zero-order valence-electron chi connectivity index (χ0n) is 10.4. The van der Waals surface area contributed by atoms with Crippen LogP contribution in [0, 0.1) is 17.2 Å². The average molecular weight is 309 g/mol. The predicted molar refractivity (Wildman–Crippen MR) is 73.9 cm³/mol. The Morgan fingerprint density at radius 1 is 1.61 bits per heavy atom. The van der Waals surface area contributed by atoms with Crippen LogP contribution in [0.4, 0.5) is 0 Å². The maximum atomic E-state index is 9.59. The lowest BCUT2D eigenvalue weighted by molar-refractivity contribution is 0.127. The van der Waals surface area contributed by atoms with Crippen LogP contribution in [-0.4, -0.2) is 29.2 Å². The number of halogens is 1. The van der Waals surface area contributed by atoms with Crippen molar-refractivity contribution < 1.29 is 5.11 Å². The van der Waals surface area contributed by atoms with Crippen molar-refractivity contribution in [1.29, 1.82) is 5.26 Å². The predicted octanol–water partition coefficient (Wildman–Crippen LogP) is 2.52. The molecule has 2 rings (SSSR count). The third-order valence-electron chi connectivity index (χ3n) is 3.57. The molecule has 3 nitrogen and oxygen atoms in total. The highest BCUT2D eigenvalue weighted by Gasteiger charge is 2.26. The maximum absolute atomic E-state index is 9.59. The van der Waals surface area contributed by atoms with Crippen LogP contribution in [0.15, 0.2) is 22.7 Å². The summed E-state index contributed by atoms with van der Waals surface area (Å²) < 4.78 is 0.988. The lowest BCUT2D eigenvalue weighted by Gasteiger charge is -2.18. The number of nitriles is 1. The van der Waals surface area contributed by atoms with Crippen LogP contribution in [0.25, 0.3) is 0 Å². The first-order valence-corrected chi connectivity index (χ1v) is 6.98. The van der Waals surface area contributed by atoms with E-state index in [-0.39, 0.29) is 6.10 Å². The molecule has 18 heavy (non-hydrogen) atoms. The minimum Gasteiger partial charge on any atom is -0.393 e. The maximum Gasteiger partial charge on any atom is 0.0992 e. The van der Waals surface area contributed by atoms with Crippen molar-refractivity contribution in [2.24, 2.45) is 5.92 Å². The Labute approximate surface area is 116 Å². The zero-order valence-corrected chi connectivity index (χ0v) is 12.0. The molecule has 2 unspecified atom stereocenters. The van der Waals surface area contributed by atoms with Crippen molar-refractivity contribution >= 4 is 15.9 Å². The minimum absolute atomic E-state index is 0.223. The van der Waals surface area contributed by atoms with E-state index in [1.54, 1.807) is 0 Å². The van der Waals surface area contributed by atoms with Gasteiger partial charge in [-0.05, 0) is 43.5 Å². The molecular formula is C14H17BrN2O. The van der Waals surface area contributed by atoms with Gasteiger partial charge in [-0.25, -0.2) is 0 Å². The Bertz CT molecular complexity index is 467. The lowest BCUT2D eigenvalue weighted by atomic mass is 10.0. The van der Waals surface area contributed by atoms with Crippen molar-refractivity contribution in [2.45, 2.75) is 26.0 Å². The first kappa shape index (κ1) is 13.5. The van der Waals surface area contributed by atoms with Crippen molar-refractivity contribution in [2.75, 3.05) is 13.1 Å². The van der Waals surface area contributed by atoms with Gasteiger partial charge in [0.25, 0.3) is 0 Å². The quantitative estimate of drug-likeness (QED) is 0.933. The van der Waals surface area contributed by atoms with Crippen molar-refractivity contribution in [3.63, 3.8) is 0 Å². The molecule has 0 radical (unpaired) electrons. The number of aliphatic hydroxyl groups is 1. The van der Waals surface area contributed by atoms with Crippen molar-refractivity contribution in [1.82, 2.24) is 4.90 Å². The van der Waals surface area contributed by atoms with Gasteiger partial charge < -0.3 is 5.11 Å². The SMILES string of the molecule is CC(O)C1CCN(Cc2ccc(C#N)cc2Br)C1. The number of hydrogen-bond acceptors (Lipinski definition) is 3. The van der Waals surface area contributed by atoms with Crippen molar-refractivity contribution in [3.05, 3.63) is 33.8 Å². The summed E-state index contributed by atoms with van der Waals surface area (Å²) >= 11 is 3.51. The summed E-state index contributed by atoms with van der Waals surface area (Å²) in [5, 5.41) is 18.4. The Balaban J connectivity index is 2.01. The summed E-state index contributed by atoms with van der Waals surface area (Å²) in [7, 11) is 0. The number of nitrogens with zero attached hydrogens (tertiary/aromatic N) is 2. The summed E-state index contributed by atoms with van der Waals surface area (Å²) in [5.74, 6) is 0.391. The number of likely N-dealkylation sites (tertiary alicyclic amines) is 1. The highest BCUT2D eigenvalue weighted by atomic mass is 79.9. The highest BCUT2D eigenvalue weighted by Crippen LogP contribution is 2.25. The second-order valence-corrected chi connectivity index (χ2v) is 5.80. The van der Waals surface area contributed by atoms with E-state index < -0.39 is 0 Å². The molecule has 0 aliphatic carbocycles. The Morgan fingerprint density at radius 2 is 2.39 bits per heavy atom. The minimum atomic E-state index is -0.223. The van der Waals surface area contributed by atoms with Gasteiger partial charge in [0.2, 0.25) is 0 Å². The van der Waals surface area contributed by atoms with E-state index >= 15 is 0 Å². The van der Waals surface area contributed by atoms with Gasteiger partial charge in [-0.15, -0.1) is 0 Å². The van der Waals surface area contributed by atoms with Crippen LogP contribution in [0.5, 0.6) is 0 Å². The molecule has 1 heterocycles. The zero-order chi connectivity index (χ0) is 13.1. The summed E-state index contributed by atoms with van der Waals surface area (Å²) in [4.78, 5) is 2.35. The molecule has 1 fully saturated rings. The van der Waals surface area contributed by atoms with Gasteiger partial charge in [0.1, 0.15) is 0 Å². The standard InChI is InChI=1S/C14H17BrN2O/c1-10(18)12-4-5-17(8-12)9-13-3-2-11(7-16)6-14(13)15/h2-3,6,10,12,18H,4-5,8-9H2,1H3. The van der Waals surface area contributed by atoms with Gasteiger partial charge in [-0.3, -0.25) is 4.90 Å². The molecule has 96 valence electrons. The highest BCUT2D eigenvalue weighted by molar-refractivity contribution is 9.10. The summed E-state index contributed by atoms with van der Waals surface area (Å²) in [6.45, 7) is 4.72. The van der Waals surface area contributed by atoms with Crippen LogP contribution >= 0.6 is 15.9 Å². The fraction of sp³-hybridized carbons (Fsp3) is 0.500. The van der Waals surface area contributed by atoms with Crippen LogP contribution in [0.1, 0.15) is 24.5 Å². The van der Waals surface area contributed by atoms with E-state index in [1.807, 2.05) is 25.1 Å². The normalized spacial score (nSPS) is 21.8. The fourth-order valence-corrected chi connectivity index (χ4v) is 2.89. The number of benzene rings is 1. The van der Waals surface area contributed by atoms with Gasteiger partial charge in [-0.1, -0.05) is 22.0 Å². The Morgan fingerprint density at radius 3 is 2.94 bits per heavy atom. The van der Waals surface area contributed by atoms with Crippen LogP contribution < -0.4 is 0 Å². The van der Waals surface area contributed by atoms with Crippen LogP contribution in [0.3, 0.4) is 0 Å². The van der Waals surface area contributed by atoms with E-state index in [2.05, 4.69) is 26.9 Å². The summed E-state index contributed by atoms with van der Waals surface area (Å²) in [6.07, 6.45) is 0.838. The van der Waals surface area contributed by atoms with Gasteiger partial charge in [0, 0.05) is 17.6 Å². The summed E-state index contributed by atoms with van der Waals surface area (Å²) in [5.41, 5.74) is 1.87.